The summed E-state index contributed by atoms with van der Waals surface area (Å²) in [7, 11) is 0. The van der Waals surface area contributed by atoms with Gasteiger partial charge in [0.1, 0.15) is 15.5 Å². The predicted molar refractivity (Wildman–Crippen MR) is 118 cm³/mol. The number of ether oxygens (including phenoxy) is 2. The van der Waals surface area contributed by atoms with Gasteiger partial charge in [0.15, 0.2) is 6.61 Å². The molecule has 168 valence electrons. The van der Waals surface area contributed by atoms with Gasteiger partial charge in [-0.2, -0.15) is 0 Å². The Morgan fingerprint density at radius 2 is 1.88 bits per heavy atom. The van der Waals surface area contributed by atoms with Crippen molar-refractivity contribution in [2.75, 3.05) is 13.2 Å². The molecule has 1 aliphatic rings. The Morgan fingerprint density at radius 3 is 2.59 bits per heavy atom. The molecule has 0 unspecified atom stereocenters. The smallest absolute Gasteiger partial charge is 0.349 e. The van der Waals surface area contributed by atoms with Crippen molar-refractivity contribution in [2.45, 2.75) is 47.1 Å². The molecular formula is C22H23N3O6S. The normalized spacial score (nSPS) is 12.8. The number of esters is 2. The maximum absolute atomic E-state index is 12.8. The standard InChI is InChI=1S/C22H23N3O6S/c1-5-30-21(28)15-10(2)17(23-12(15)4)13(26)9-31-22(29)18-11(3)16-19(32-18)24-14-7-6-8-25(14)20(16)27/h23H,5-9H2,1-4H3. The molecule has 1 N–H and O–H groups in total. The third-order valence-electron chi connectivity index (χ3n) is 5.63. The van der Waals surface area contributed by atoms with Crippen molar-refractivity contribution in [1.82, 2.24) is 14.5 Å². The van der Waals surface area contributed by atoms with Gasteiger partial charge in [-0.1, -0.05) is 0 Å². The van der Waals surface area contributed by atoms with Gasteiger partial charge in [-0.25, -0.2) is 14.6 Å². The van der Waals surface area contributed by atoms with Crippen LogP contribution in [0, 0.1) is 20.8 Å². The zero-order valence-corrected chi connectivity index (χ0v) is 19.1. The number of carbonyl (C=O) groups excluding carboxylic acids is 3. The third kappa shape index (κ3) is 3.54. The first-order valence-electron chi connectivity index (χ1n) is 10.3. The Balaban J connectivity index is 1.54. The van der Waals surface area contributed by atoms with Crippen molar-refractivity contribution in [3.05, 3.63) is 49.1 Å². The molecule has 3 aromatic rings. The molecule has 0 radical (unpaired) electrons. The average Bonchev–Trinajstić information content (AvgIpc) is 3.42. The van der Waals surface area contributed by atoms with E-state index in [2.05, 4.69) is 9.97 Å². The second-order valence-electron chi connectivity index (χ2n) is 7.67. The van der Waals surface area contributed by atoms with Crippen LogP contribution in [0.4, 0.5) is 0 Å². The van der Waals surface area contributed by atoms with Gasteiger partial charge >= 0.3 is 11.9 Å². The fourth-order valence-corrected chi connectivity index (χ4v) is 5.16. The van der Waals surface area contributed by atoms with Gasteiger partial charge < -0.3 is 14.5 Å². The third-order valence-corrected chi connectivity index (χ3v) is 6.79. The molecule has 1 aliphatic heterocycles. The van der Waals surface area contributed by atoms with Gasteiger partial charge in [-0.15, -0.1) is 11.3 Å². The number of aromatic amines is 1. The fourth-order valence-electron chi connectivity index (χ4n) is 4.08. The summed E-state index contributed by atoms with van der Waals surface area (Å²) in [6, 6.07) is 0. The van der Waals surface area contributed by atoms with Gasteiger partial charge in [-0.05, 0) is 45.2 Å². The van der Waals surface area contributed by atoms with Gasteiger partial charge in [0.25, 0.3) is 5.56 Å². The number of aromatic nitrogens is 3. The van der Waals surface area contributed by atoms with Gasteiger partial charge in [0.05, 0.1) is 23.3 Å². The second kappa shape index (κ2) is 8.34. The predicted octanol–water partition coefficient (Wildman–Crippen LogP) is 2.87. The molecule has 9 nitrogen and oxygen atoms in total. The largest absolute Gasteiger partial charge is 0.462 e. The van der Waals surface area contributed by atoms with Crippen LogP contribution in [0.25, 0.3) is 10.2 Å². The summed E-state index contributed by atoms with van der Waals surface area (Å²) in [5, 5.41) is 0.425. The fraction of sp³-hybridized carbons (Fsp3) is 0.409. The van der Waals surface area contributed by atoms with E-state index in [9.17, 15) is 19.2 Å². The quantitative estimate of drug-likeness (QED) is 0.446. The summed E-state index contributed by atoms with van der Waals surface area (Å²) in [6.07, 6.45) is 1.62. The molecule has 0 spiro atoms. The van der Waals surface area contributed by atoms with Crippen molar-refractivity contribution in [3.63, 3.8) is 0 Å². The van der Waals surface area contributed by atoms with E-state index < -0.39 is 24.3 Å². The van der Waals surface area contributed by atoms with Crippen LogP contribution in [-0.2, 0) is 22.4 Å². The molecule has 4 heterocycles. The highest BCUT2D eigenvalue weighted by molar-refractivity contribution is 7.20. The van der Waals surface area contributed by atoms with Crippen molar-refractivity contribution in [1.29, 1.82) is 0 Å². The highest BCUT2D eigenvalue weighted by Gasteiger charge is 2.26. The minimum absolute atomic E-state index is 0.143. The molecule has 10 heteroatoms. The monoisotopic (exact) mass is 457 g/mol. The van der Waals surface area contributed by atoms with Crippen molar-refractivity contribution in [2.24, 2.45) is 0 Å². The minimum Gasteiger partial charge on any atom is -0.462 e. The first-order chi connectivity index (χ1) is 15.2. The van der Waals surface area contributed by atoms with Crippen LogP contribution in [0.5, 0.6) is 0 Å². The van der Waals surface area contributed by atoms with E-state index in [0.29, 0.717) is 39.1 Å². The summed E-state index contributed by atoms with van der Waals surface area (Å²) >= 11 is 1.10. The van der Waals surface area contributed by atoms with Crippen LogP contribution in [0.2, 0.25) is 0 Å². The molecule has 0 saturated carbocycles. The van der Waals surface area contributed by atoms with E-state index in [1.165, 1.54) is 0 Å². The van der Waals surface area contributed by atoms with Crippen LogP contribution in [0.1, 0.15) is 66.5 Å². The number of nitrogens with one attached hydrogen (secondary N) is 1. The number of nitrogens with zero attached hydrogens (tertiary/aromatic N) is 2. The average molecular weight is 458 g/mol. The van der Waals surface area contributed by atoms with E-state index in [4.69, 9.17) is 9.47 Å². The molecule has 0 atom stereocenters. The zero-order chi connectivity index (χ0) is 23.2. The molecule has 0 aromatic carbocycles. The highest BCUT2D eigenvalue weighted by atomic mass is 32.1. The Labute approximate surface area is 187 Å². The molecule has 0 aliphatic carbocycles. The van der Waals surface area contributed by atoms with Crippen molar-refractivity contribution < 1.29 is 23.9 Å². The maximum atomic E-state index is 12.8. The molecular weight excluding hydrogens is 434 g/mol. The highest BCUT2D eigenvalue weighted by Crippen LogP contribution is 2.29. The Bertz CT molecular complexity index is 1330. The van der Waals surface area contributed by atoms with E-state index in [0.717, 1.165) is 30.0 Å². The number of H-pyrrole nitrogens is 1. The molecule has 0 fully saturated rings. The number of Topliss-reactive ketones (excluding diaryl/α,β-unsaturated/α-hetero) is 1. The Morgan fingerprint density at radius 1 is 1.12 bits per heavy atom. The minimum atomic E-state index is -0.685. The first kappa shape index (κ1) is 21.9. The Hall–Kier alpha value is -3.27. The number of thiophene rings is 1. The SMILES string of the molecule is CCOC(=O)c1c(C)[nH]c(C(=O)COC(=O)c2sc3nc4n(c(=O)c3c2C)CCC4)c1C. The lowest BCUT2D eigenvalue weighted by atomic mass is 10.1. The topological polar surface area (TPSA) is 120 Å². The summed E-state index contributed by atoms with van der Waals surface area (Å²) in [4.78, 5) is 58.5. The van der Waals surface area contributed by atoms with Crippen LogP contribution >= 0.6 is 11.3 Å². The Kier molecular flexibility index (Phi) is 5.72. The summed E-state index contributed by atoms with van der Waals surface area (Å²) < 4.78 is 11.9. The molecule has 0 amide bonds. The molecule has 0 bridgehead atoms. The van der Waals surface area contributed by atoms with Crippen molar-refractivity contribution >= 4 is 39.3 Å². The lowest BCUT2D eigenvalue weighted by Gasteiger charge is -2.04. The van der Waals surface area contributed by atoms with E-state index in [1.807, 2.05) is 0 Å². The van der Waals surface area contributed by atoms with Crippen molar-refractivity contribution in [3.8, 4) is 0 Å². The first-order valence-corrected chi connectivity index (χ1v) is 11.2. The number of rotatable bonds is 6. The number of carbonyl (C=O) groups is 3. The van der Waals surface area contributed by atoms with E-state index >= 15 is 0 Å². The van der Waals surface area contributed by atoms with Gasteiger partial charge in [-0.3, -0.25) is 14.2 Å². The summed E-state index contributed by atoms with van der Waals surface area (Å²) in [5.74, 6) is -0.935. The van der Waals surface area contributed by atoms with Gasteiger partial charge in [0.2, 0.25) is 5.78 Å². The van der Waals surface area contributed by atoms with Crippen LogP contribution in [0.3, 0.4) is 0 Å². The molecule has 0 saturated heterocycles. The van der Waals surface area contributed by atoms with Crippen LogP contribution < -0.4 is 5.56 Å². The zero-order valence-electron chi connectivity index (χ0n) is 18.3. The number of fused-ring (bicyclic) bond motifs is 2. The van der Waals surface area contributed by atoms with Crippen LogP contribution in [-0.4, -0.2) is 45.5 Å². The van der Waals surface area contributed by atoms with Crippen LogP contribution in [0.15, 0.2) is 4.79 Å². The van der Waals surface area contributed by atoms with E-state index in [-0.39, 0.29) is 22.7 Å². The summed E-state index contributed by atoms with van der Waals surface area (Å²) in [6.45, 7) is 7.05. The number of ketones is 1. The second-order valence-corrected chi connectivity index (χ2v) is 8.67. The van der Waals surface area contributed by atoms with Gasteiger partial charge in [0, 0.05) is 18.7 Å². The molecule has 32 heavy (non-hydrogen) atoms. The lowest BCUT2D eigenvalue weighted by Crippen LogP contribution is -2.20. The lowest BCUT2D eigenvalue weighted by molar-refractivity contribution is 0.0476. The number of aryl methyl sites for hydroxylation is 3. The molecule has 3 aromatic heterocycles. The summed E-state index contributed by atoms with van der Waals surface area (Å²) in [5.41, 5.74) is 1.83. The number of hydrogen-bond acceptors (Lipinski definition) is 8. The number of hydrogen-bond donors (Lipinski definition) is 1. The molecule has 4 rings (SSSR count). The maximum Gasteiger partial charge on any atom is 0.349 e. The van der Waals surface area contributed by atoms with E-state index in [1.54, 1.807) is 32.3 Å².